The molecule has 2 heterocycles. The van der Waals surface area contributed by atoms with Crippen LogP contribution in [0.2, 0.25) is 0 Å². The summed E-state index contributed by atoms with van der Waals surface area (Å²) >= 11 is 0. The molecule has 2 atom stereocenters. The quantitative estimate of drug-likeness (QED) is 0.172. The first-order chi connectivity index (χ1) is 25.2. The van der Waals surface area contributed by atoms with Gasteiger partial charge in [0.05, 0.1) is 18.5 Å². The van der Waals surface area contributed by atoms with Gasteiger partial charge in [0, 0.05) is 16.2 Å². The van der Waals surface area contributed by atoms with E-state index in [-0.39, 0.29) is 18.5 Å². The zero-order valence-electron chi connectivity index (χ0n) is 27.9. The molecule has 1 aromatic heterocycles. The molecule has 51 heavy (non-hydrogen) atoms. The van der Waals surface area contributed by atoms with Gasteiger partial charge >= 0.3 is 0 Å². The molecule has 2 unspecified atom stereocenters. The van der Waals surface area contributed by atoms with Gasteiger partial charge in [0.1, 0.15) is 11.2 Å². The standard InChI is InChI=1S/C47H35N3O/c1-3-13-31(14-4-1)45-48-46(32-15-5-2-6-16-32)50-47(49-45)41-28-38-18-9-10-21-39(38)44-43(41)40-25-24-37(29-42(40)51-44)35-20-11-19-34(27-35)36-23-22-30-12-7-8-17-33(30)26-36/h1-29,45-50H. The first-order valence-corrected chi connectivity index (χ1v) is 17.6. The van der Waals surface area contributed by atoms with E-state index in [1.165, 1.54) is 33.0 Å². The van der Waals surface area contributed by atoms with E-state index in [2.05, 4.69) is 192 Å². The summed E-state index contributed by atoms with van der Waals surface area (Å²) in [6.45, 7) is 0. The molecular formula is C47H35N3O. The van der Waals surface area contributed by atoms with E-state index < -0.39 is 0 Å². The molecule has 0 amide bonds. The Morgan fingerprint density at radius 1 is 0.373 bits per heavy atom. The lowest BCUT2D eigenvalue weighted by Crippen LogP contribution is -2.54. The normalized spacial score (nSPS) is 17.8. The van der Waals surface area contributed by atoms with Crippen molar-refractivity contribution in [2.24, 2.45) is 0 Å². The third-order valence-corrected chi connectivity index (χ3v) is 10.4. The lowest BCUT2D eigenvalue weighted by molar-refractivity contribution is 0.204. The number of benzene rings is 8. The first kappa shape index (κ1) is 29.8. The predicted octanol–water partition coefficient (Wildman–Crippen LogP) is 11.4. The molecule has 4 heteroatoms. The summed E-state index contributed by atoms with van der Waals surface area (Å²) in [5.41, 5.74) is 10.0. The van der Waals surface area contributed by atoms with Crippen LogP contribution in [-0.4, -0.2) is 0 Å². The van der Waals surface area contributed by atoms with E-state index in [0.29, 0.717) is 0 Å². The molecule has 0 spiro atoms. The number of nitrogens with one attached hydrogen (secondary N) is 3. The van der Waals surface area contributed by atoms with Crippen molar-refractivity contribution in [2.45, 2.75) is 18.5 Å². The maximum absolute atomic E-state index is 6.87. The SMILES string of the molecule is c1ccc(C2NC(c3ccccc3)NC(c3cc4ccccc4c4oc5cc(-c6cccc(-c7ccc8ccccc8c7)c6)ccc5c34)N2)cc1. The lowest BCUT2D eigenvalue weighted by atomic mass is 9.95. The van der Waals surface area contributed by atoms with E-state index in [4.69, 9.17) is 4.42 Å². The number of furan rings is 1. The summed E-state index contributed by atoms with van der Waals surface area (Å²) in [5.74, 6) is 0. The highest BCUT2D eigenvalue weighted by Gasteiger charge is 2.32. The van der Waals surface area contributed by atoms with Gasteiger partial charge in [-0.1, -0.05) is 146 Å². The first-order valence-electron chi connectivity index (χ1n) is 17.6. The molecule has 0 radical (unpaired) electrons. The Morgan fingerprint density at radius 2 is 0.941 bits per heavy atom. The van der Waals surface area contributed by atoms with E-state index in [1.54, 1.807) is 0 Å². The van der Waals surface area contributed by atoms with Crippen LogP contribution in [0.25, 0.3) is 65.7 Å². The second-order valence-corrected chi connectivity index (χ2v) is 13.5. The maximum atomic E-state index is 6.87. The summed E-state index contributed by atoms with van der Waals surface area (Å²) in [6.07, 6.45) is -0.291. The largest absolute Gasteiger partial charge is 0.455 e. The highest BCUT2D eigenvalue weighted by molar-refractivity contribution is 6.17. The van der Waals surface area contributed by atoms with Crippen molar-refractivity contribution < 1.29 is 4.42 Å². The second kappa shape index (κ2) is 12.4. The van der Waals surface area contributed by atoms with Crippen LogP contribution >= 0.6 is 0 Å². The van der Waals surface area contributed by atoms with Gasteiger partial charge in [0.2, 0.25) is 0 Å². The molecule has 1 fully saturated rings. The van der Waals surface area contributed by atoms with Crippen LogP contribution in [0.3, 0.4) is 0 Å². The fourth-order valence-corrected chi connectivity index (χ4v) is 7.80. The Morgan fingerprint density at radius 3 is 1.67 bits per heavy atom. The van der Waals surface area contributed by atoms with E-state index >= 15 is 0 Å². The average Bonchev–Trinajstić information content (AvgIpc) is 3.60. The molecular weight excluding hydrogens is 623 g/mol. The van der Waals surface area contributed by atoms with Gasteiger partial charge in [0.15, 0.2) is 0 Å². The highest BCUT2D eigenvalue weighted by atomic mass is 16.3. The van der Waals surface area contributed by atoms with Gasteiger partial charge in [-0.3, -0.25) is 16.0 Å². The van der Waals surface area contributed by atoms with Gasteiger partial charge < -0.3 is 4.42 Å². The van der Waals surface area contributed by atoms with Gasteiger partial charge in [-0.2, -0.15) is 0 Å². The smallest absolute Gasteiger partial charge is 0.143 e. The van der Waals surface area contributed by atoms with Crippen molar-refractivity contribution in [3.63, 3.8) is 0 Å². The van der Waals surface area contributed by atoms with Crippen LogP contribution in [0.1, 0.15) is 35.2 Å². The fourth-order valence-electron chi connectivity index (χ4n) is 7.80. The number of hydrogen-bond donors (Lipinski definition) is 3. The van der Waals surface area contributed by atoms with Crippen LogP contribution in [0.15, 0.2) is 180 Å². The number of fused-ring (bicyclic) bond motifs is 6. The molecule has 244 valence electrons. The van der Waals surface area contributed by atoms with Crippen molar-refractivity contribution in [3.05, 3.63) is 193 Å². The van der Waals surface area contributed by atoms with Crippen molar-refractivity contribution in [1.29, 1.82) is 0 Å². The predicted molar refractivity (Wildman–Crippen MR) is 210 cm³/mol. The Hall–Kier alpha value is -6.04. The Bertz CT molecular complexity index is 2650. The summed E-state index contributed by atoms with van der Waals surface area (Å²) in [5, 5.41) is 18.6. The third kappa shape index (κ3) is 5.38. The van der Waals surface area contributed by atoms with Gasteiger partial charge in [-0.25, -0.2) is 0 Å². The van der Waals surface area contributed by atoms with Crippen molar-refractivity contribution in [1.82, 2.24) is 16.0 Å². The molecule has 3 N–H and O–H groups in total. The Labute approximate surface area is 296 Å². The molecule has 0 saturated carbocycles. The number of rotatable bonds is 5. The van der Waals surface area contributed by atoms with Gasteiger partial charge in [-0.05, 0) is 85.4 Å². The van der Waals surface area contributed by atoms with Crippen LogP contribution in [-0.2, 0) is 0 Å². The zero-order valence-corrected chi connectivity index (χ0v) is 27.9. The van der Waals surface area contributed by atoms with Crippen molar-refractivity contribution >= 4 is 43.5 Å². The van der Waals surface area contributed by atoms with Crippen molar-refractivity contribution in [3.8, 4) is 22.3 Å². The summed E-state index contributed by atoms with van der Waals surface area (Å²) in [4.78, 5) is 0. The molecule has 10 rings (SSSR count). The molecule has 8 aromatic carbocycles. The molecule has 0 bridgehead atoms. The number of hydrogen-bond acceptors (Lipinski definition) is 4. The molecule has 0 aliphatic carbocycles. The van der Waals surface area contributed by atoms with Gasteiger partial charge in [0.25, 0.3) is 0 Å². The minimum Gasteiger partial charge on any atom is -0.455 e. The molecule has 4 nitrogen and oxygen atoms in total. The summed E-state index contributed by atoms with van der Waals surface area (Å²) in [7, 11) is 0. The van der Waals surface area contributed by atoms with Crippen LogP contribution < -0.4 is 16.0 Å². The lowest BCUT2D eigenvalue weighted by Gasteiger charge is -2.40. The van der Waals surface area contributed by atoms with Crippen LogP contribution in [0.5, 0.6) is 0 Å². The van der Waals surface area contributed by atoms with Crippen LogP contribution in [0.4, 0.5) is 0 Å². The molecule has 1 aliphatic rings. The van der Waals surface area contributed by atoms with E-state index in [0.717, 1.165) is 49.4 Å². The second-order valence-electron chi connectivity index (χ2n) is 13.5. The third-order valence-electron chi connectivity index (χ3n) is 10.4. The minimum atomic E-state index is -0.159. The topological polar surface area (TPSA) is 49.2 Å². The Balaban J connectivity index is 1.10. The molecule has 9 aromatic rings. The minimum absolute atomic E-state index is 0.0659. The van der Waals surface area contributed by atoms with Crippen molar-refractivity contribution in [2.75, 3.05) is 0 Å². The summed E-state index contributed by atoms with van der Waals surface area (Å²) in [6, 6.07) is 62.8. The highest BCUT2D eigenvalue weighted by Crippen LogP contribution is 2.42. The Kier molecular flexibility index (Phi) is 7.24. The van der Waals surface area contributed by atoms with E-state index in [1.807, 2.05) is 0 Å². The van der Waals surface area contributed by atoms with Gasteiger partial charge in [-0.15, -0.1) is 0 Å². The van der Waals surface area contributed by atoms with Crippen LogP contribution in [0, 0.1) is 0 Å². The zero-order chi connectivity index (χ0) is 33.7. The average molecular weight is 658 g/mol. The maximum Gasteiger partial charge on any atom is 0.143 e. The monoisotopic (exact) mass is 657 g/mol. The summed E-state index contributed by atoms with van der Waals surface area (Å²) < 4.78 is 6.87. The molecule has 1 saturated heterocycles. The fraction of sp³-hybridized carbons (Fsp3) is 0.0638. The van der Waals surface area contributed by atoms with E-state index in [9.17, 15) is 0 Å². The molecule has 1 aliphatic heterocycles.